The molecule has 0 unspecified atom stereocenters. The number of rotatable bonds is 1. The normalized spacial score (nSPS) is 27.9. The van der Waals surface area contributed by atoms with E-state index in [1.165, 1.54) is 6.42 Å². The number of anilines is 1. The minimum Gasteiger partial charge on any atom is -0.350 e. The summed E-state index contributed by atoms with van der Waals surface area (Å²) in [6.07, 6.45) is 6.85. The van der Waals surface area contributed by atoms with Crippen LogP contribution in [0.3, 0.4) is 0 Å². The summed E-state index contributed by atoms with van der Waals surface area (Å²) in [6, 6.07) is 2.65. The summed E-state index contributed by atoms with van der Waals surface area (Å²) in [5, 5.41) is 7.74. The van der Waals surface area contributed by atoms with Crippen LogP contribution >= 0.6 is 0 Å². The van der Waals surface area contributed by atoms with Crippen LogP contribution in [-0.4, -0.2) is 40.3 Å². The lowest BCUT2D eigenvalue weighted by Crippen LogP contribution is -2.35. The number of hydrogen-bond donors (Lipinski definition) is 1. The Labute approximate surface area is 99.4 Å². The molecule has 0 radical (unpaired) electrons. The predicted octanol–water partition coefficient (Wildman–Crippen LogP) is 0.527. The highest BCUT2D eigenvalue weighted by Crippen LogP contribution is 2.32. The van der Waals surface area contributed by atoms with Crippen LogP contribution < -0.4 is 10.2 Å². The summed E-state index contributed by atoms with van der Waals surface area (Å²) in [4.78, 5) is 7.00. The molecule has 5 heteroatoms. The second-order valence-corrected chi connectivity index (χ2v) is 4.88. The molecule has 88 valence electrons. The van der Waals surface area contributed by atoms with Crippen LogP contribution in [0.4, 0.5) is 5.82 Å². The maximum Gasteiger partial charge on any atom is 0.154 e. The summed E-state index contributed by atoms with van der Waals surface area (Å²) >= 11 is 0. The lowest BCUT2D eigenvalue weighted by molar-refractivity contribution is 0.577. The van der Waals surface area contributed by atoms with Gasteiger partial charge in [0.05, 0.1) is 6.20 Å². The van der Waals surface area contributed by atoms with Gasteiger partial charge in [-0.05, 0) is 18.4 Å². The molecule has 0 bridgehead atoms. The zero-order valence-corrected chi connectivity index (χ0v) is 9.58. The summed E-state index contributed by atoms with van der Waals surface area (Å²) in [6.45, 7) is 3.36. The Morgan fingerprint density at radius 3 is 3.29 bits per heavy atom. The molecular formula is C12H15N5. The Bertz CT molecular complexity index is 549. The lowest BCUT2D eigenvalue weighted by Gasteiger charge is -2.24. The van der Waals surface area contributed by atoms with Gasteiger partial charge in [0.15, 0.2) is 5.82 Å². The fourth-order valence-electron chi connectivity index (χ4n) is 3.18. The van der Waals surface area contributed by atoms with Gasteiger partial charge < -0.3 is 10.2 Å². The molecule has 0 saturated carbocycles. The molecule has 2 fully saturated rings. The molecule has 0 spiro atoms. The summed E-state index contributed by atoms with van der Waals surface area (Å²) in [5.74, 6) is 1.88. The van der Waals surface area contributed by atoms with Crippen LogP contribution in [0.25, 0.3) is 5.52 Å². The van der Waals surface area contributed by atoms with Gasteiger partial charge in [-0.3, -0.25) is 0 Å². The van der Waals surface area contributed by atoms with Gasteiger partial charge in [-0.1, -0.05) is 0 Å². The Morgan fingerprint density at radius 2 is 2.29 bits per heavy atom. The Hall–Kier alpha value is -1.62. The van der Waals surface area contributed by atoms with Crippen LogP contribution in [0.1, 0.15) is 6.42 Å². The van der Waals surface area contributed by atoms with Gasteiger partial charge in [0, 0.05) is 38.1 Å². The van der Waals surface area contributed by atoms with Crippen LogP contribution in [0.15, 0.2) is 24.7 Å². The number of aromatic nitrogens is 3. The summed E-state index contributed by atoms with van der Waals surface area (Å²) < 4.78 is 1.90. The van der Waals surface area contributed by atoms with Gasteiger partial charge in [0.2, 0.25) is 0 Å². The first kappa shape index (κ1) is 9.41. The first-order valence-corrected chi connectivity index (χ1v) is 6.19. The van der Waals surface area contributed by atoms with Crippen molar-refractivity contribution in [3.05, 3.63) is 24.7 Å². The molecule has 2 aliphatic rings. The molecule has 0 aliphatic carbocycles. The third-order valence-corrected chi connectivity index (χ3v) is 4.02. The van der Waals surface area contributed by atoms with Crippen molar-refractivity contribution in [2.45, 2.75) is 12.5 Å². The first-order valence-electron chi connectivity index (χ1n) is 6.19. The van der Waals surface area contributed by atoms with Crippen LogP contribution in [-0.2, 0) is 0 Å². The first-order chi connectivity index (χ1) is 8.43. The molecule has 2 saturated heterocycles. The van der Waals surface area contributed by atoms with E-state index in [0.717, 1.165) is 36.9 Å². The maximum atomic E-state index is 4.56. The maximum absolute atomic E-state index is 4.56. The van der Waals surface area contributed by atoms with Crippen LogP contribution in [0.5, 0.6) is 0 Å². The molecule has 5 nitrogen and oxygen atoms in total. The van der Waals surface area contributed by atoms with Crippen molar-refractivity contribution in [1.29, 1.82) is 0 Å². The fourth-order valence-corrected chi connectivity index (χ4v) is 3.18. The van der Waals surface area contributed by atoms with E-state index in [-0.39, 0.29) is 0 Å². The smallest absolute Gasteiger partial charge is 0.154 e. The Morgan fingerprint density at radius 1 is 1.29 bits per heavy atom. The molecule has 4 heterocycles. The summed E-state index contributed by atoms with van der Waals surface area (Å²) in [7, 11) is 0. The lowest BCUT2D eigenvalue weighted by atomic mass is 10.1. The Kier molecular flexibility index (Phi) is 1.90. The van der Waals surface area contributed by atoms with Gasteiger partial charge in [-0.25, -0.2) is 9.50 Å². The third-order valence-electron chi connectivity index (χ3n) is 4.02. The SMILES string of the molecule is c1cn2nccc2c(N2CC[C@H]3CNC[C@H]32)n1. The van der Waals surface area contributed by atoms with E-state index in [0.29, 0.717) is 6.04 Å². The van der Waals surface area contributed by atoms with Crippen molar-refractivity contribution in [3.63, 3.8) is 0 Å². The van der Waals surface area contributed by atoms with Crippen molar-refractivity contribution < 1.29 is 0 Å². The number of hydrogen-bond acceptors (Lipinski definition) is 4. The minimum absolute atomic E-state index is 0.614. The average Bonchev–Trinajstić information content (AvgIpc) is 3.04. The van der Waals surface area contributed by atoms with Gasteiger partial charge in [-0.2, -0.15) is 5.10 Å². The van der Waals surface area contributed by atoms with Crippen molar-refractivity contribution in [1.82, 2.24) is 19.9 Å². The molecule has 2 atom stereocenters. The van der Waals surface area contributed by atoms with Gasteiger partial charge in [0.25, 0.3) is 0 Å². The van der Waals surface area contributed by atoms with Gasteiger partial charge in [-0.15, -0.1) is 0 Å². The summed E-state index contributed by atoms with van der Waals surface area (Å²) in [5.41, 5.74) is 1.11. The van der Waals surface area contributed by atoms with E-state index in [2.05, 4.69) is 20.3 Å². The highest BCUT2D eigenvalue weighted by Gasteiger charge is 2.38. The van der Waals surface area contributed by atoms with E-state index in [4.69, 9.17) is 0 Å². The highest BCUT2D eigenvalue weighted by molar-refractivity contribution is 5.69. The fraction of sp³-hybridized carbons (Fsp3) is 0.500. The Balaban J connectivity index is 1.81. The third kappa shape index (κ3) is 1.29. The average molecular weight is 229 g/mol. The van der Waals surface area contributed by atoms with Crippen LogP contribution in [0.2, 0.25) is 0 Å². The van der Waals surface area contributed by atoms with E-state index < -0.39 is 0 Å². The second kappa shape index (κ2) is 3.43. The zero-order valence-electron chi connectivity index (χ0n) is 9.58. The number of nitrogens with one attached hydrogen (secondary N) is 1. The van der Waals surface area contributed by atoms with Crippen LogP contribution in [0, 0.1) is 5.92 Å². The van der Waals surface area contributed by atoms with Gasteiger partial charge >= 0.3 is 0 Å². The topological polar surface area (TPSA) is 45.5 Å². The van der Waals surface area contributed by atoms with E-state index in [1.807, 2.05) is 29.2 Å². The minimum atomic E-state index is 0.614. The number of fused-ring (bicyclic) bond motifs is 2. The molecule has 0 amide bonds. The molecular weight excluding hydrogens is 214 g/mol. The molecule has 1 N–H and O–H groups in total. The second-order valence-electron chi connectivity index (χ2n) is 4.88. The standard InChI is InChI=1S/C12H15N5/c1-3-15-17-6-4-14-12(10(1)17)16-5-2-9-7-13-8-11(9)16/h1,3-4,6,9,11,13H,2,5,7-8H2/t9-,11+/m0/s1. The largest absolute Gasteiger partial charge is 0.350 e. The highest BCUT2D eigenvalue weighted by atomic mass is 15.3. The zero-order chi connectivity index (χ0) is 11.2. The van der Waals surface area contributed by atoms with E-state index in [9.17, 15) is 0 Å². The number of nitrogens with zero attached hydrogens (tertiary/aromatic N) is 4. The van der Waals surface area contributed by atoms with Gasteiger partial charge in [0.1, 0.15) is 5.52 Å². The van der Waals surface area contributed by atoms with E-state index in [1.54, 1.807) is 0 Å². The van der Waals surface area contributed by atoms with Crippen molar-refractivity contribution in [3.8, 4) is 0 Å². The van der Waals surface area contributed by atoms with Crippen molar-refractivity contribution in [2.24, 2.45) is 5.92 Å². The molecule has 17 heavy (non-hydrogen) atoms. The predicted molar refractivity (Wildman–Crippen MR) is 65.1 cm³/mol. The molecule has 2 aromatic heterocycles. The van der Waals surface area contributed by atoms with Crippen molar-refractivity contribution >= 4 is 11.3 Å². The monoisotopic (exact) mass is 229 g/mol. The molecule has 4 rings (SSSR count). The van der Waals surface area contributed by atoms with E-state index >= 15 is 0 Å². The molecule has 2 aromatic rings. The molecule has 0 aromatic carbocycles. The quantitative estimate of drug-likeness (QED) is 0.774. The molecule has 2 aliphatic heterocycles. The van der Waals surface area contributed by atoms with Crippen molar-refractivity contribution in [2.75, 3.05) is 24.5 Å².